The molecule has 100 valence electrons. The second-order valence-corrected chi connectivity index (χ2v) is 3.98. The third-order valence-electron chi connectivity index (χ3n) is 2.73. The number of halogens is 1. The Kier molecular flexibility index (Phi) is 4.41. The third-order valence-corrected chi connectivity index (χ3v) is 2.73. The van der Waals surface area contributed by atoms with Crippen LogP contribution in [0.4, 0.5) is 4.39 Å². The highest BCUT2D eigenvalue weighted by Gasteiger charge is 2.18. The van der Waals surface area contributed by atoms with Gasteiger partial charge in [-0.3, -0.25) is 9.97 Å². The molecule has 0 bridgehead atoms. The predicted molar refractivity (Wildman–Crippen MR) is 70.5 cm³/mol. The molecule has 0 radical (unpaired) electrons. The van der Waals surface area contributed by atoms with Gasteiger partial charge in [0.15, 0.2) is 0 Å². The number of hydrogen-bond acceptors (Lipinski definition) is 4. The molecule has 2 aromatic rings. The lowest BCUT2D eigenvalue weighted by molar-refractivity contribution is 0.338. The van der Waals surface area contributed by atoms with Gasteiger partial charge in [-0.1, -0.05) is 0 Å². The fourth-order valence-electron chi connectivity index (χ4n) is 1.91. The fourth-order valence-corrected chi connectivity index (χ4v) is 1.91. The van der Waals surface area contributed by atoms with Crippen molar-refractivity contribution in [2.75, 3.05) is 13.7 Å². The summed E-state index contributed by atoms with van der Waals surface area (Å²) in [6, 6.07) is 4.45. The summed E-state index contributed by atoms with van der Waals surface area (Å²) in [5.74, 6) is 0.320. The molecule has 0 saturated heterocycles. The largest absolute Gasteiger partial charge is 0.492 e. The molecular weight excluding hydrogens is 245 g/mol. The van der Waals surface area contributed by atoms with Gasteiger partial charge >= 0.3 is 0 Å². The Hall–Kier alpha value is -2.01. The van der Waals surface area contributed by atoms with Gasteiger partial charge < -0.3 is 10.1 Å². The minimum absolute atomic E-state index is 0.344. The first-order valence-electron chi connectivity index (χ1n) is 6.11. The van der Waals surface area contributed by atoms with Crippen LogP contribution in [0.5, 0.6) is 5.75 Å². The molecule has 2 heterocycles. The summed E-state index contributed by atoms with van der Waals surface area (Å²) in [7, 11) is 1.76. The Labute approximate surface area is 111 Å². The number of nitrogens with zero attached hydrogens (tertiary/aromatic N) is 2. The summed E-state index contributed by atoms with van der Waals surface area (Å²) in [6.45, 7) is 2.47. The number of ether oxygens (including phenoxy) is 1. The summed E-state index contributed by atoms with van der Waals surface area (Å²) in [5.41, 5.74) is 1.16. The molecule has 0 aliphatic rings. The van der Waals surface area contributed by atoms with E-state index in [4.69, 9.17) is 4.74 Å². The summed E-state index contributed by atoms with van der Waals surface area (Å²) in [4.78, 5) is 8.21. The van der Waals surface area contributed by atoms with Gasteiger partial charge in [-0.25, -0.2) is 4.39 Å². The van der Waals surface area contributed by atoms with Crippen molar-refractivity contribution in [1.29, 1.82) is 0 Å². The molecule has 0 amide bonds. The Balaban J connectivity index is 2.37. The number of pyridine rings is 2. The monoisotopic (exact) mass is 261 g/mol. The first-order chi connectivity index (χ1) is 9.26. The number of aromatic nitrogens is 2. The van der Waals surface area contributed by atoms with Crippen molar-refractivity contribution in [3.05, 3.63) is 53.9 Å². The van der Waals surface area contributed by atoms with Crippen LogP contribution in [0.15, 0.2) is 36.8 Å². The van der Waals surface area contributed by atoms with Crippen molar-refractivity contribution in [3.8, 4) is 5.75 Å². The molecule has 0 aliphatic carbocycles. The van der Waals surface area contributed by atoms with Gasteiger partial charge in [-0.2, -0.15) is 0 Å². The molecule has 1 N–H and O–H groups in total. The standard InChI is InChI=1S/C14H16FN3O/c1-3-19-11-7-10(8-17-9-11)13(16-2)14-12(15)5-4-6-18-14/h4-9,13,16H,3H2,1-2H3. The number of hydrogen-bond donors (Lipinski definition) is 1. The molecule has 0 saturated carbocycles. The summed E-state index contributed by atoms with van der Waals surface area (Å²) in [5, 5.41) is 3.05. The van der Waals surface area contributed by atoms with E-state index in [0.29, 0.717) is 18.1 Å². The van der Waals surface area contributed by atoms with Crippen LogP contribution < -0.4 is 10.1 Å². The van der Waals surface area contributed by atoms with Crippen molar-refractivity contribution in [2.45, 2.75) is 13.0 Å². The van der Waals surface area contributed by atoms with Crippen LogP contribution in [0.25, 0.3) is 0 Å². The Morgan fingerprint density at radius 3 is 2.95 bits per heavy atom. The second kappa shape index (κ2) is 6.24. The van der Waals surface area contributed by atoms with E-state index in [0.717, 1.165) is 5.56 Å². The highest BCUT2D eigenvalue weighted by molar-refractivity contribution is 5.31. The average Bonchev–Trinajstić information content (AvgIpc) is 2.43. The summed E-state index contributed by atoms with van der Waals surface area (Å²) in [6.07, 6.45) is 4.88. The Morgan fingerprint density at radius 1 is 1.42 bits per heavy atom. The molecule has 0 aliphatic heterocycles. The zero-order valence-corrected chi connectivity index (χ0v) is 10.9. The molecule has 19 heavy (non-hydrogen) atoms. The quantitative estimate of drug-likeness (QED) is 0.897. The van der Waals surface area contributed by atoms with Gasteiger partial charge in [0.25, 0.3) is 0 Å². The molecule has 1 unspecified atom stereocenters. The molecule has 5 heteroatoms. The maximum absolute atomic E-state index is 13.8. The highest BCUT2D eigenvalue weighted by atomic mass is 19.1. The highest BCUT2D eigenvalue weighted by Crippen LogP contribution is 2.24. The lowest BCUT2D eigenvalue weighted by Gasteiger charge is -2.17. The average molecular weight is 261 g/mol. The van der Waals surface area contributed by atoms with Crippen molar-refractivity contribution in [2.24, 2.45) is 0 Å². The van der Waals surface area contributed by atoms with Crippen LogP contribution in [-0.4, -0.2) is 23.6 Å². The molecule has 0 spiro atoms. The smallest absolute Gasteiger partial charge is 0.146 e. The van der Waals surface area contributed by atoms with Gasteiger partial charge in [0.05, 0.1) is 24.5 Å². The Bertz CT molecular complexity index is 548. The van der Waals surface area contributed by atoms with Crippen LogP contribution in [0.2, 0.25) is 0 Å². The minimum Gasteiger partial charge on any atom is -0.492 e. The zero-order valence-electron chi connectivity index (χ0n) is 10.9. The van der Waals surface area contributed by atoms with Crippen LogP contribution >= 0.6 is 0 Å². The van der Waals surface area contributed by atoms with Crippen LogP contribution in [-0.2, 0) is 0 Å². The molecule has 0 aromatic carbocycles. The second-order valence-electron chi connectivity index (χ2n) is 3.98. The maximum atomic E-state index is 13.8. The molecule has 2 rings (SSSR count). The molecular formula is C14H16FN3O. The molecule has 2 aromatic heterocycles. The molecule has 4 nitrogen and oxygen atoms in total. The van der Waals surface area contributed by atoms with E-state index in [9.17, 15) is 4.39 Å². The SMILES string of the molecule is CCOc1cncc(C(NC)c2ncccc2F)c1. The molecule has 1 atom stereocenters. The molecule has 0 fully saturated rings. The van der Waals surface area contributed by atoms with Crippen LogP contribution in [0, 0.1) is 5.82 Å². The van der Waals surface area contributed by atoms with E-state index in [-0.39, 0.29) is 11.9 Å². The van der Waals surface area contributed by atoms with Crippen molar-refractivity contribution in [3.63, 3.8) is 0 Å². The topological polar surface area (TPSA) is 47.0 Å². The fraction of sp³-hybridized carbons (Fsp3) is 0.286. The lowest BCUT2D eigenvalue weighted by atomic mass is 10.0. The van der Waals surface area contributed by atoms with Gasteiger partial charge in [0.2, 0.25) is 0 Å². The maximum Gasteiger partial charge on any atom is 0.146 e. The van der Waals surface area contributed by atoms with E-state index in [2.05, 4.69) is 15.3 Å². The first-order valence-corrected chi connectivity index (χ1v) is 6.11. The third kappa shape index (κ3) is 3.06. The van der Waals surface area contributed by atoms with Crippen LogP contribution in [0.1, 0.15) is 24.2 Å². The van der Waals surface area contributed by atoms with Crippen LogP contribution in [0.3, 0.4) is 0 Å². The normalized spacial score (nSPS) is 12.2. The van der Waals surface area contributed by atoms with Gasteiger partial charge in [-0.05, 0) is 37.7 Å². The summed E-state index contributed by atoms with van der Waals surface area (Å²) >= 11 is 0. The first kappa shape index (κ1) is 13.4. The number of rotatable bonds is 5. The Morgan fingerprint density at radius 2 is 2.26 bits per heavy atom. The summed E-state index contributed by atoms with van der Waals surface area (Å²) < 4.78 is 19.2. The van der Waals surface area contributed by atoms with E-state index < -0.39 is 0 Å². The van der Waals surface area contributed by atoms with E-state index in [1.165, 1.54) is 6.07 Å². The number of nitrogens with one attached hydrogen (secondary N) is 1. The van der Waals surface area contributed by atoms with Crippen molar-refractivity contribution >= 4 is 0 Å². The van der Waals surface area contributed by atoms with Gasteiger partial charge in [0.1, 0.15) is 11.6 Å². The van der Waals surface area contributed by atoms with Gasteiger partial charge in [-0.15, -0.1) is 0 Å². The minimum atomic E-state index is -0.353. The van der Waals surface area contributed by atoms with Gasteiger partial charge in [0, 0.05) is 12.4 Å². The van der Waals surface area contributed by atoms with E-state index in [1.54, 1.807) is 31.7 Å². The zero-order chi connectivity index (χ0) is 13.7. The van der Waals surface area contributed by atoms with Crippen molar-refractivity contribution < 1.29 is 9.13 Å². The predicted octanol–water partition coefficient (Wildman–Crippen LogP) is 2.32. The van der Waals surface area contributed by atoms with Crippen molar-refractivity contribution in [1.82, 2.24) is 15.3 Å². The van der Waals surface area contributed by atoms with E-state index >= 15 is 0 Å². The lowest BCUT2D eigenvalue weighted by Crippen LogP contribution is -2.20. The van der Waals surface area contributed by atoms with E-state index in [1.807, 2.05) is 13.0 Å².